The van der Waals surface area contributed by atoms with Crippen LogP contribution in [0.1, 0.15) is 44.9 Å². The Labute approximate surface area is 92.1 Å². The molecule has 1 aliphatic rings. The molecule has 0 radical (unpaired) electrons. The van der Waals surface area contributed by atoms with Crippen molar-refractivity contribution in [3.05, 3.63) is 23.4 Å². The van der Waals surface area contributed by atoms with Gasteiger partial charge in [-0.05, 0) is 51.2 Å². The van der Waals surface area contributed by atoms with E-state index in [0.717, 1.165) is 18.7 Å². The number of nitrogens with one attached hydrogen (secondary N) is 1. The molecule has 0 bridgehead atoms. The second kappa shape index (κ2) is 3.84. The lowest BCUT2D eigenvalue weighted by atomic mass is 10.0. The molecule has 0 saturated carbocycles. The molecule has 0 spiro atoms. The molecule has 1 aromatic rings. The molecule has 2 heteroatoms. The molecule has 1 heterocycles. The number of pyridine rings is 1. The van der Waals surface area contributed by atoms with Crippen molar-refractivity contribution >= 4 is 5.82 Å². The minimum absolute atomic E-state index is 0.139. The van der Waals surface area contributed by atoms with Crippen molar-refractivity contribution in [3.63, 3.8) is 0 Å². The van der Waals surface area contributed by atoms with Crippen molar-refractivity contribution in [1.29, 1.82) is 0 Å². The topological polar surface area (TPSA) is 24.9 Å². The van der Waals surface area contributed by atoms with Gasteiger partial charge in [-0.25, -0.2) is 4.98 Å². The van der Waals surface area contributed by atoms with Crippen LogP contribution in [0.3, 0.4) is 0 Å². The summed E-state index contributed by atoms with van der Waals surface area (Å²) in [6.45, 7) is 6.62. The van der Waals surface area contributed by atoms with E-state index < -0.39 is 0 Å². The molecule has 0 unspecified atom stereocenters. The first-order valence-corrected chi connectivity index (χ1v) is 5.88. The number of hydrogen-bond acceptors (Lipinski definition) is 2. The molecule has 0 amide bonds. The van der Waals surface area contributed by atoms with Crippen molar-refractivity contribution in [2.45, 2.75) is 52.0 Å². The van der Waals surface area contributed by atoms with Crippen LogP contribution in [0, 0.1) is 0 Å². The summed E-state index contributed by atoms with van der Waals surface area (Å²) in [7, 11) is 0. The molecule has 1 aromatic heterocycles. The van der Waals surface area contributed by atoms with E-state index in [2.05, 4.69) is 43.2 Å². The Balaban J connectivity index is 2.17. The van der Waals surface area contributed by atoms with Gasteiger partial charge in [0.2, 0.25) is 0 Å². The fourth-order valence-corrected chi connectivity index (χ4v) is 1.93. The highest BCUT2D eigenvalue weighted by Crippen LogP contribution is 2.23. The van der Waals surface area contributed by atoms with E-state index in [-0.39, 0.29) is 5.54 Å². The van der Waals surface area contributed by atoms with E-state index in [0.29, 0.717) is 0 Å². The largest absolute Gasteiger partial charge is 0.365 e. The molecular weight excluding hydrogens is 184 g/mol. The van der Waals surface area contributed by atoms with E-state index in [4.69, 9.17) is 0 Å². The second-order valence-corrected chi connectivity index (χ2v) is 5.02. The number of fused-ring (bicyclic) bond motifs is 1. The van der Waals surface area contributed by atoms with Crippen molar-refractivity contribution in [2.75, 3.05) is 5.32 Å². The molecule has 0 fully saturated rings. The molecule has 0 saturated heterocycles. The van der Waals surface area contributed by atoms with Gasteiger partial charge < -0.3 is 5.32 Å². The van der Waals surface area contributed by atoms with E-state index in [1.807, 2.05) is 0 Å². The first-order valence-electron chi connectivity index (χ1n) is 5.88. The first-order chi connectivity index (χ1) is 7.11. The Hall–Kier alpha value is -1.05. The fourth-order valence-electron chi connectivity index (χ4n) is 1.93. The normalized spacial score (nSPS) is 15.1. The summed E-state index contributed by atoms with van der Waals surface area (Å²) in [6.07, 6.45) is 4.73. The Morgan fingerprint density at radius 3 is 2.87 bits per heavy atom. The Bertz CT molecular complexity index is 356. The molecular formula is C13H20N2. The highest BCUT2D eigenvalue weighted by Gasteiger charge is 2.17. The zero-order valence-electron chi connectivity index (χ0n) is 9.93. The van der Waals surface area contributed by atoms with E-state index in [1.54, 1.807) is 0 Å². The van der Waals surface area contributed by atoms with Crippen LogP contribution in [-0.2, 0) is 12.8 Å². The number of anilines is 1. The van der Waals surface area contributed by atoms with Gasteiger partial charge >= 0.3 is 0 Å². The quantitative estimate of drug-likeness (QED) is 0.818. The van der Waals surface area contributed by atoms with Crippen LogP contribution in [-0.4, -0.2) is 10.5 Å². The third-order valence-electron chi connectivity index (χ3n) is 3.28. The Kier molecular flexibility index (Phi) is 2.68. The summed E-state index contributed by atoms with van der Waals surface area (Å²) in [6, 6.07) is 4.34. The van der Waals surface area contributed by atoms with Gasteiger partial charge in [0.25, 0.3) is 0 Å². The third kappa shape index (κ3) is 2.31. The van der Waals surface area contributed by atoms with Crippen LogP contribution in [0.2, 0.25) is 0 Å². The number of hydrogen-bond donors (Lipinski definition) is 1. The predicted octanol–water partition coefficient (Wildman–Crippen LogP) is 3.17. The molecule has 2 rings (SSSR count). The molecule has 0 aromatic carbocycles. The molecule has 1 aliphatic carbocycles. The lowest BCUT2D eigenvalue weighted by Gasteiger charge is -2.25. The van der Waals surface area contributed by atoms with Crippen LogP contribution in [0.15, 0.2) is 12.1 Å². The van der Waals surface area contributed by atoms with Crippen LogP contribution >= 0.6 is 0 Å². The second-order valence-electron chi connectivity index (χ2n) is 5.02. The standard InChI is InChI=1S/C13H20N2/c1-4-13(2,3)15-12-9-8-10-6-5-7-11(10)14-12/h8-9H,4-7H2,1-3H3,(H,14,15). The van der Waals surface area contributed by atoms with Gasteiger partial charge in [-0.15, -0.1) is 0 Å². The fraction of sp³-hybridized carbons (Fsp3) is 0.615. The lowest BCUT2D eigenvalue weighted by molar-refractivity contribution is 0.544. The predicted molar refractivity (Wildman–Crippen MR) is 64.3 cm³/mol. The van der Waals surface area contributed by atoms with Gasteiger partial charge in [-0.3, -0.25) is 0 Å². The van der Waals surface area contributed by atoms with Gasteiger partial charge in [0.15, 0.2) is 0 Å². The summed E-state index contributed by atoms with van der Waals surface area (Å²) >= 11 is 0. The SMILES string of the molecule is CCC(C)(C)Nc1ccc2c(n1)CCC2. The van der Waals surface area contributed by atoms with Crippen molar-refractivity contribution in [3.8, 4) is 0 Å². The summed E-state index contributed by atoms with van der Waals surface area (Å²) in [4.78, 5) is 4.68. The van der Waals surface area contributed by atoms with Gasteiger partial charge in [-0.2, -0.15) is 0 Å². The first kappa shape index (κ1) is 10.5. The van der Waals surface area contributed by atoms with Gasteiger partial charge in [0.05, 0.1) is 0 Å². The number of aromatic nitrogens is 1. The third-order valence-corrected chi connectivity index (χ3v) is 3.28. The zero-order valence-corrected chi connectivity index (χ0v) is 9.93. The molecule has 2 nitrogen and oxygen atoms in total. The van der Waals surface area contributed by atoms with Gasteiger partial charge in [0.1, 0.15) is 5.82 Å². The van der Waals surface area contributed by atoms with Crippen LogP contribution in [0.4, 0.5) is 5.82 Å². The monoisotopic (exact) mass is 204 g/mol. The molecule has 82 valence electrons. The highest BCUT2D eigenvalue weighted by atomic mass is 15.0. The molecule has 0 atom stereocenters. The maximum Gasteiger partial charge on any atom is 0.126 e. The summed E-state index contributed by atoms with van der Waals surface area (Å²) in [5.74, 6) is 1.03. The number of aryl methyl sites for hydroxylation is 2. The van der Waals surface area contributed by atoms with Crippen LogP contribution in [0.25, 0.3) is 0 Å². The minimum atomic E-state index is 0.139. The maximum absolute atomic E-state index is 4.68. The van der Waals surface area contributed by atoms with Crippen LogP contribution < -0.4 is 5.32 Å². The lowest BCUT2D eigenvalue weighted by Crippen LogP contribution is -2.30. The van der Waals surface area contributed by atoms with E-state index in [1.165, 1.54) is 24.1 Å². The van der Waals surface area contributed by atoms with Gasteiger partial charge in [-0.1, -0.05) is 13.0 Å². The summed E-state index contributed by atoms with van der Waals surface area (Å²) in [5, 5.41) is 3.49. The number of nitrogens with zero attached hydrogens (tertiary/aromatic N) is 1. The molecule has 15 heavy (non-hydrogen) atoms. The molecule has 0 aliphatic heterocycles. The number of rotatable bonds is 3. The van der Waals surface area contributed by atoms with Crippen molar-refractivity contribution in [1.82, 2.24) is 4.98 Å². The maximum atomic E-state index is 4.68. The summed E-state index contributed by atoms with van der Waals surface area (Å²) < 4.78 is 0. The smallest absolute Gasteiger partial charge is 0.126 e. The average molecular weight is 204 g/mol. The minimum Gasteiger partial charge on any atom is -0.365 e. The van der Waals surface area contributed by atoms with Crippen molar-refractivity contribution in [2.24, 2.45) is 0 Å². The Morgan fingerprint density at radius 2 is 2.13 bits per heavy atom. The average Bonchev–Trinajstić information content (AvgIpc) is 2.64. The van der Waals surface area contributed by atoms with E-state index in [9.17, 15) is 0 Å². The van der Waals surface area contributed by atoms with Crippen LogP contribution in [0.5, 0.6) is 0 Å². The van der Waals surface area contributed by atoms with Crippen molar-refractivity contribution < 1.29 is 0 Å². The Morgan fingerprint density at radius 1 is 1.33 bits per heavy atom. The zero-order chi connectivity index (χ0) is 10.9. The molecule has 1 N–H and O–H groups in total. The van der Waals surface area contributed by atoms with Gasteiger partial charge in [0, 0.05) is 11.2 Å². The summed E-state index contributed by atoms with van der Waals surface area (Å²) in [5.41, 5.74) is 2.88. The van der Waals surface area contributed by atoms with E-state index >= 15 is 0 Å². The highest BCUT2D eigenvalue weighted by molar-refractivity contribution is 5.42.